The molecule has 8 rings (SSSR count). The number of hydrogen-bond donors (Lipinski definition) is 2. The minimum Gasteiger partial charge on any atom is -0.315 e. The van der Waals surface area contributed by atoms with Gasteiger partial charge in [-0.3, -0.25) is 29.0 Å². The number of carbonyl (C=O) groups is 4. The number of nitrogens with zero attached hydrogens (tertiary/aromatic N) is 2. The van der Waals surface area contributed by atoms with Gasteiger partial charge in [-0.15, -0.1) is 0 Å². The molecule has 2 aliphatic heterocycles. The van der Waals surface area contributed by atoms with Crippen molar-refractivity contribution in [2.24, 2.45) is 0 Å². The maximum Gasteiger partial charge on any atom is 0.262 e. The summed E-state index contributed by atoms with van der Waals surface area (Å²) in [6, 6.07) is 31.3. The fraction of sp³-hybridized carbons (Fsp3) is 0.179. The van der Waals surface area contributed by atoms with Crippen molar-refractivity contribution in [2.75, 3.05) is 39.3 Å². The van der Waals surface area contributed by atoms with Gasteiger partial charge in [0.15, 0.2) is 0 Å². The smallest absolute Gasteiger partial charge is 0.262 e. The molecule has 0 atom stereocenters. The SMILES string of the molecule is O=C1c2ccc3ccc4ccccc4c3c2C(=O)N1CCNCCCNCCN1C(=O)c2ccc3ccc4ccccc4c3c2C1=O. The molecule has 6 aromatic carbocycles. The summed E-state index contributed by atoms with van der Waals surface area (Å²) in [5.41, 5.74) is 1.91. The lowest BCUT2D eigenvalue weighted by Crippen LogP contribution is -2.38. The first-order valence-electron chi connectivity index (χ1n) is 16.1. The fourth-order valence-corrected chi connectivity index (χ4v) is 7.12. The zero-order valence-electron chi connectivity index (χ0n) is 25.7. The molecule has 2 N–H and O–H groups in total. The van der Waals surface area contributed by atoms with Crippen molar-refractivity contribution < 1.29 is 19.2 Å². The third-order valence-electron chi connectivity index (χ3n) is 9.42. The van der Waals surface area contributed by atoms with E-state index in [0.717, 1.165) is 49.5 Å². The summed E-state index contributed by atoms with van der Waals surface area (Å²) < 4.78 is 0. The second-order valence-corrected chi connectivity index (χ2v) is 12.1. The van der Waals surface area contributed by atoms with Gasteiger partial charge in [0.05, 0.1) is 22.3 Å². The lowest BCUT2D eigenvalue weighted by Gasteiger charge is -2.15. The fourth-order valence-electron chi connectivity index (χ4n) is 7.12. The third-order valence-corrected chi connectivity index (χ3v) is 9.42. The van der Waals surface area contributed by atoms with Crippen LogP contribution >= 0.6 is 0 Å². The first-order chi connectivity index (χ1) is 23.0. The second-order valence-electron chi connectivity index (χ2n) is 12.1. The Morgan fingerprint density at radius 3 is 1.30 bits per heavy atom. The van der Waals surface area contributed by atoms with E-state index < -0.39 is 0 Å². The van der Waals surface area contributed by atoms with Gasteiger partial charge in [0.2, 0.25) is 0 Å². The quantitative estimate of drug-likeness (QED) is 0.115. The van der Waals surface area contributed by atoms with Crippen LogP contribution in [-0.2, 0) is 0 Å². The van der Waals surface area contributed by atoms with Crippen molar-refractivity contribution in [1.82, 2.24) is 20.4 Å². The number of imide groups is 2. The average Bonchev–Trinajstić information content (AvgIpc) is 3.50. The topological polar surface area (TPSA) is 98.8 Å². The van der Waals surface area contributed by atoms with Crippen LogP contribution in [0.5, 0.6) is 0 Å². The summed E-state index contributed by atoms with van der Waals surface area (Å²) in [4.78, 5) is 56.0. The Bertz CT molecular complexity index is 2130. The summed E-state index contributed by atoms with van der Waals surface area (Å²) in [6.45, 7) is 2.93. The number of carbonyl (C=O) groups excluding carboxylic acids is 4. The zero-order chi connectivity index (χ0) is 32.1. The molecule has 0 aliphatic carbocycles. The molecule has 8 heteroatoms. The molecule has 232 valence electrons. The van der Waals surface area contributed by atoms with Gasteiger partial charge in [-0.1, -0.05) is 84.9 Å². The molecule has 0 aromatic heterocycles. The van der Waals surface area contributed by atoms with Crippen molar-refractivity contribution in [1.29, 1.82) is 0 Å². The summed E-state index contributed by atoms with van der Waals surface area (Å²) >= 11 is 0. The number of nitrogens with one attached hydrogen (secondary N) is 2. The highest BCUT2D eigenvalue weighted by atomic mass is 16.2. The van der Waals surface area contributed by atoms with E-state index in [1.54, 1.807) is 12.1 Å². The van der Waals surface area contributed by atoms with E-state index in [-0.39, 0.29) is 36.7 Å². The Hall–Kier alpha value is -5.44. The monoisotopic (exact) mass is 620 g/mol. The molecule has 0 saturated heterocycles. The van der Waals surface area contributed by atoms with E-state index in [1.807, 2.05) is 84.9 Å². The van der Waals surface area contributed by atoms with Gasteiger partial charge < -0.3 is 10.6 Å². The largest absolute Gasteiger partial charge is 0.315 e. The van der Waals surface area contributed by atoms with Crippen molar-refractivity contribution in [3.8, 4) is 0 Å². The molecule has 8 nitrogen and oxygen atoms in total. The highest BCUT2D eigenvalue weighted by molar-refractivity contribution is 6.31. The number of fused-ring (bicyclic) bond motifs is 10. The van der Waals surface area contributed by atoms with Crippen LogP contribution < -0.4 is 10.6 Å². The number of hydrogen-bond acceptors (Lipinski definition) is 6. The van der Waals surface area contributed by atoms with Gasteiger partial charge in [-0.05, 0) is 64.0 Å². The average molecular weight is 621 g/mol. The highest BCUT2D eigenvalue weighted by Gasteiger charge is 2.38. The van der Waals surface area contributed by atoms with Crippen LogP contribution in [0.15, 0.2) is 97.1 Å². The first kappa shape index (κ1) is 29.0. The lowest BCUT2D eigenvalue weighted by molar-refractivity contribution is 0.0641. The van der Waals surface area contributed by atoms with Gasteiger partial charge in [0.1, 0.15) is 0 Å². The molecule has 6 aromatic rings. The first-order valence-corrected chi connectivity index (χ1v) is 16.1. The van der Waals surface area contributed by atoms with Crippen LogP contribution in [0.4, 0.5) is 0 Å². The normalized spacial score (nSPS) is 14.4. The van der Waals surface area contributed by atoms with E-state index in [9.17, 15) is 19.2 Å². The standard InChI is InChI=1S/C39H32N4O4/c44-36-30-16-14-26-12-10-24-6-1-3-8-28(24)32(26)34(30)38(46)42(36)22-20-40-18-5-19-41-21-23-43-37(45)31-17-15-27-13-11-25-7-2-4-9-29(25)33(27)35(31)39(43)47/h1-4,6-17,40-41H,5,18-23H2. The van der Waals surface area contributed by atoms with Gasteiger partial charge in [-0.25, -0.2) is 0 Å². The molecule has 0 saturated carbocycles. The molecule has 0 radical (unpaired) electrons. The van der Waals surface area contributed by atoms with Gasteiger partial charge in [0.25, 0.3) is 23.6 Å². The van der Waals surface area contributed by atoms with Crippen LogP contribution in [0.1, 0.15) is 47.9 Å². The second kappa shape index (κ2) is 11.7. The van der Waals surface area contributed by atoms with Crippen molar-refractivity contribution >= 4 is 66.7 Å². The van der Waals surface area contributed by atoms with Crippen molar-refractivity contribution in [2.45, 2.75) is 6.42 Å². The third kappa shape index (κ3) is 4.76. The molecule has 0 unspecified atom stereocenters. The van der Waals surface area contributed by atoms with E-state index >= 15 is 0 Å². The molecule has 0 bridgehead atoms. The summed E-state index contributed by atoms with van der Waals surface area (Å²) in [7, 11) is 0. The van der Waals surface area contributed by atoms with E-state index in [4.69, 9.17) is 0 Å². The van der Waals surface area contributed by atoms with Crippen LogP contribution in [0.25, 0.3) is 43.1 Å². The minimum absolute atomic E-state index is 0.246. The summed E-state index contributed by atoms with van der Waals surface area (Å²) in [5.74, 6) is -0.996. The molecule has 4 amide bonds. The molecule has 0 fully saturated rings. The molecule has 2 aliphatic rings. The number of rotatable bonds is 10. The van der Waals surface area contributed by atoms with Crippen molar-refractivity contribution in [3.05, 3.63) is 119 Å². The minimum atomic E-state index is -0.252. The van der Waals surface area contributed by atoms with E-state index in [1.165, 1.54) is 9.80 Å². The van der Waals surface area contributed by atoms with Crippen LogP contribution in [0, 0.1) is 0 Å². The zero-order valence-corrected chi connectivity index (χ0v) is 25.7. The number of benzene rings is 6. The number of amides is 4. The Morgan fingerprint density at radius 1 is 0.426 bits per heavy atom. The van der Waals surface area contributed by atoms with Gasteiger partial charge >= 0.3 is 0 Å². The predicted molar refractivity (Wildman–Crippen MR) is 184 cm³/mol. The summed E-state index contributed by atoms with van der Waals surface area (Å²) in [6.07, 6.45) is 0.803. The Morgan fingerprint density at radius 2 is 0.830 bits per heavy atom. The highest BCUT2D eigenvalue weighted by Crippen LogP contribution is 2.36. The molecule has 47 heavy (non-hydrogen) atoms. The van der Waals surface area contributed by atoms with Crippen LogP contribution in [-0.4, -0.2) is 72.7 Å². The lowest BCUT2D eigenvalue weighted by atomic mass is 9.95. The van der Waals surface area contributed by atoms with Crippen molar-refractivity contribution in [3.63, 3.8) is 0 Å². The van der Waals surface area contributed by atoms with Gasteiger partial charge in [-0.2, -0.15) is 0 Å². The van der Waals surface area contributed by atoms with E-state index in [0.29, 0.717) is 48.4 Å². The molecular weight excluding hydrogens is 588 g/mol. The maximum absolute atomic E-state index is 13.5. The molecule has 2 heterocycles. The molecule has 0 spiro atoms. The Labute approximate surface area is 270 Å². The van der Waals surface area contributed by atoms with E-state index in [2.05, 4.69) is 10.6 Å². The van der Waals surface area contributed by atoms with Crippen LogP contribution in [0.3, 0.4) is 0 Å². The Balaban J connectivity index is 0.824. The maximum atomic E-state index is 13.5. The molecular formula is C39H32N4O4. The summed E-state index contributed by atoms with van der Waals surface area (Å²) in [5, 5.41) is 14.2. The Kier molecular flexibility index (Phi) is 7.24. The predicted octanol–water partition coefficient (Wildman–Crippen LogP) is 5.76. The van der Waals surface area contributed by atoms with Gasteiger partial charge in [0, 0.05) is 37.0 Å². The van der Waals surface area contributed by atoms with Crippen LogP contribution in [0.2, 0.25) is 0 Å².